The number of carbonyl (C=O) groups is 1. The molecule has 0 aliphatic carbocycles. The van der Waals surface area contributed by atoms with Gasteiger partial charge in [-0.15, -0.1) is 5.10 Å². The average molecular weight is 316 g/mol. The van der Waals surface area contributed by atoms with Crippen LogP contribution in [0.5, 0.6) is 0 Å². The number of hydrogen-bond donors (Lipinski definition) is 1. The number of sulfonamides is 1. The van der Waals surface area contributed by atoms with Crippen LogP contribution in [0.3, 0.4) is 0 Å². The number of fused-ring (bicyclic) bond motifs is 1. The fraction of sp³-hybridized carbons (Fsp3) is 0.300. The van der Waals surface area contributed by atoms with E-state index >= 15 is 0 Å². The van der Waals surface area contributed by atoms with Crippen LogP contribution in [0.15, 0.2) is 18.3 Å². The Morgan fingerprint density at radius 3 is 2.80 bits per heavy atom. The molecule has 3 heterocycles. The van der Waals surface area contributed by atoms with Crippen molar-refractivity contribution >= 4 is 39.1 Å². The minimum atomic E-state index is -3.77. The van der Waals surface area contributed by atoms with Gasteiger partial charge in [0.1, 0.15) is 5.25 Å². The summed E-state index contributed by atoms with van der Waals surface area (Å²) in [4.78, 5) is 17.2. The van der Waals surface area contributed by atoms with Gasteiger partial charge in [0, 0.05) is 19.2 Å². The van der Waals surface area contributed by atoms with Crippen molar-refractivity contribution in [3.63, 3.8) is 0 Å². The molecule has 10 heteroatoms. The summed E-state index contributed by atoms with van der Waals surface area (Å²) in [5, 5.41) is 8.64. The van der Waals surface area contributed by atoms with Gasteiger partial charge < -0.3 is 0 Å². The van der Waals surface area contributed by atoms with Gasteiger partial charge in [0.25, 0.3) is 5.95 Å². The Morgan fingerprint density at radius 2 is 2.20 bits per heavy atom. The van der Waals surface area contributed by atoms with Crippen molar-refractivity contribution in [2.24, 2.45) is 5.14 Å². The van der Waals surface area contributed by atoms with E-state index in [1.807, 2.05) is 0 Å². The Hall–Kier alpha value is -1.71. The van der Waals surface area contributed by atoms with Crippen molar-refractivity contribution in [3.8, 4) is 0 Å². The second kappa shape index (κ2) is 4.40. The number of aromatic nitrogens is 3. The third-order valence-corrected chi connectivity index (χ3v) is 4.64. The number of hydrogen-bond acceptors (Lipinski definition) is 5. The summed E-state index contributed by atoms with van der Waals surface area (Å²) in [5.74, 6) is -0.259. The standard InChI is InChI=1S/C10H10ClN5O3S/c11-7-2-1-3-16-9(7)13-10(14-16)15-5-6(4-8(15)17)20(12,18)19/h1-3,6H,4-5H2,(H2,12,18,19). The molecule has 1 atom stereocenters. The molecule has 1 aliphatic heterocycles. The maximum atomic E-state index is 11.9. The summed E-state index contributed by atoms with van der Waals surface area (Å²) in [6, 6.07) is 3.33. The van der Waals surface area contributed by atoms with E-state index in [9.17, 15) is 13.2 Å². The molecule has 106 valence electrons. The van der Waals surface area contributed by atoms with E-state index in [1.54, 1.807) is 18.3 Å². The molecule has 0 spiro atoms. The van der Waals surface area contributed by atoms with Crippen LogP contribution < -0.4 is 10.0 Å². The lowest BCUT2D eigenvalue weighted by atomic mass is 10.4. The number of rotatable bonds is 2. The minimum Gasteiger partial charge on any atom is -0.278 e. The fourth-order valence-corrected chi connectivity index (χ4v) is 3.00. The van der Waals surface area contributed by atoms with Gasteiger partial charge in [-0.05, 0) is 12.1 Å². The van der Waals surface area contributed by atoms with Crippen LogP contribution in [-0.2, 0) is 14.8 Å². The van der Waals surface area contributed by atoms with E-state index in [0.29, 0.717) is 10.7 Å². The largest absolute Gasteiger partial charge is 0.278 e. The van der Waals surface area contributed by atoms with Crippen LogP contribution in [0.1, 0.15) is 6.42 Å². The summed E-state index contributed by atoms with van der Waals surface area (Å²) < 4.78 is 24.1. The smallest absolute Gasteiger partial charge is 0.252 e. The zero-order valence-corrected chi connectivity index (χ0v) is 11.7. The fourth-order valence-electron chi connectivity index (χ4n) is 2.06. The number of nitrogens with zero attached hydrogens (tertiary/aromatic N) is 4. The van der Waals surface area contributed by atoms with Crippen molar-refractivity contribution < 1.29 is 13.2 Å². The molecule has 8 nitrogen and oxygen atoms in total. The minimum absolute atomic E-state index is 0.0494. The van der Waals surface area contributed by atoms with Crippen molar-refractivity contribution in [2.45, 2.75) is 11.7 Å². The second-order valence-electron chi connectivity index (χ2n) is 4.46. The van der Waals surface area contributed by atoms with E-state index in [2.05, 4.69) is 10.1 Å². The van der Waals surface area contributed by atoms with Crippen LogP contribution in [-0.4, -0.2) is 40.7 Å². The van der Waals surface area contributed by atoms with Crippen LogP contribution in [0.25, 0.3) is 5.65 Å². The molecule has 20 heavy (non-hydrogen) atoms. The molecule has 1 fully saturated rings. The molecule has 1 unspecified atom stereocenters. The van der Waals surface area contributed by atoms with Crippen LogP contribution in [0.2, 0.25) is 5.02 Å². The highest BCUT2D eigenvalue weighted by atomic mass is 35.5. The topological polar surface area (TPSA) is 111 Å². The summed E-state index contributed by atoms with van der Waals surface area (Å²) in [5.41, 5.74) is 0.399. The third-order valence-electron chi connectivity index (χ3n) is 3.10. The first-order valence-corrected chi connectivity index (χ1v) is 7.68. The van der Waals surface area contributed by atoms with E-state index in [4.69, 9.17) is 16.7 Å². The molecular weight excluding hydrogens is 306 g/mol. The highest BCUT2D eigenvalue weighted by Gasteiger charge is 2.38. The van der Waals surface area contributed by atoms with Crippen LogP contribution >= 0.6 is 11.6 Å². The highest BCUT2D eigenvalue weighted by molar-refractivity contribution is 7.89. The van der Waals surface area contributed by atoms with Crippen molar-refractivity contribution in [3.05, 3.63) is 23.4 Å². The first-order valence-electron chi connectivity index (χ1n) is 5.69. The molecule has 1 saturated heterocycles. The van der Waals surface area contributed by atoms with Gasteiger partial charge in [-0.3, -0.25) is 9.69 Å². The number of nitrogens with two attached hydrogens (primary N) is 1. The number of halogens is 1. The Balaban J connectivity index is 2.00. The Bertz CT molecular complexity index is 802. The number of pyridine rings is 1. The van der Waals surface area contributed by atoms with Crippen molar-refractivity contribution in [1.82, 2.24) is 14.6 Å². The molecule has 1 amide bonds. The lowest BCUT2D eigenvalue weighted by Gasteiger charge is -2.10. The quantitative estimate of drug-likeness (QED) is 0.823. The number of primary sulfonamides is 1. The molecular formula is C10H10ClN5O3S. The third kappa shape index (κ3) is 2.13. The molecule has 2 N–H and O–H groups in total. The number of amides is 1. The molecule has 2 aromatic rings. The molecule has 3 rings (SSSR count). The lowest BCUT2D eigenvalue weighted by Crippen LogP contribution is -2.32. The van der Waals surface area contributed by atoms with E-state index in [0.717, 1.165) is 0 Å². The second-order valence-corrected chi connectivity index (χ2v) is 6.71. The van der Waals surface area contributed by atoms with Gasteiger partial charge in [0.2, 0.25) is 15.9 Å². The first-order chi connectivity index (χ1) is 9.36. The van der Waals surface area contributed by atoms with E-state index in [-0.39, 0.29) is 24.8 Å². The molecule has 0 radical (unpaired) electrons. The zero-order valence-electron chi connectivity index (χ0n) is 10.1. The Kier molecular flexibility index (Phi) is 2.92. The van der Waals surface area contributed by atoms with Crippen LogP contribution in [0, 0.1) is 0 Å². The Labute approximate surface area is 119 Å². The molecule has 1 aliphatic rings. The summed E-state index contributed by atoms with van der Waals surface area (Å²) in [7, 11) is -3.77. The van der Waals surface area contributed by atoms with Crippen molar-refractivity contribution in [2.75, 3.05) is 11.4 Å². The lowest BCUT2D eigenvalue weighted by molar-refractivity contribution is -0.117. The average Bonchev–Trinajstić information content (AvgIpc) is 2.92. The maximum Gasteiger partial charge on any atom is 0.252 e. The predicted molar refractivity (Wildman–Crippen MR) is 71.9 cm³/mol. The Morgan fingerprint density at radius 1 is 1.45 bits per heavy atom. The van der Waals surface area contributed by atoms with Gasteiger partial charge in [0.05, 0.1) is 5.02 Å². The maximum absolute atomic E-state index is 11.9. The summed E-state index contributed by atoms with van der Waals surface area (Å²) in [6.07, 6.45) is 1.47. The number of anilines is 1. The van der Waals surface area contributed by atoms with E-state index in [1.165, 1.54) is 9.42 Å². The van der Waals surface area contributed by atoms with Gasteiger partial charge >= 0.3 is 0 Å². The highest BCUT2D eigenvalue weighted by Crippen LogP contribution is 2.23. The molecule has 2 aromatic heterocycles. The monoisotopic (exact) mass is 315 g/mol. The van der Waals surface area contributed by atoms with Gasteiger partial charge in [-0.2, -0.15) is 4.98 Å². The summed E-state index contributed by atoms with van der Waals surface area (Å²) in [6.45, 7) is -0.0494. The van der Waals surface area contributed by atoms with Gasteiger partial charge in [0.15, 0.2) is 5.65 Å². The molecule has 0 saturated carbocycles. The van der Waals surface area contributed by atoms with E-state index < -0.39 is 15.3 Å². The molecule has 0 aromatic carbocycles. The van der Waals surface area contributed by atoms with Crippen molar-refractivity contribution in [1.29, 1.82) is 0 Å². The predicted octanol–water partition coefficient (Wildman–Crippen LogP) is -0.223. The first kappa shape index (κ1) is 13.3. The van der Waals surface area contributed by atoms with Gasteiger partial charge in [-0.1, -0.05) is 11.6 Å². The SMILES string of the molecule is NS(=O)(=O)C1CC(=O)N(c2nc3c(Cl)cccn3n2)C1. The molecule has 0 bridgehead atoms. The zero-order chi connectivity index (χ0) is 14.5. The number of carbonyl (C=O) groups excluding carboxylic acids is 1. The van der Waals surface area contributed by atoms with Gasteiger partial charge in [-0.25, -0.2) is 18.1 Å². The normalized spacial score (nSPS) is 20.0. The summed E-state index contributed by atoms with van der Waals surface area (Å²) >= 11 is 5.97. The van der Waals surface area contributed by atoms with Crippen LogP contribution in [0.4, 0.5) is 5.95 Å².